The molecule has 3 atom stereocenters. The van der Waals surface area contributed by atoms with Crippen LogP contribution < -0.4 is 10.2 Å². The number of ether oxygens (including phenoxy) is 5. The Kier molecular flexibility index (Phi) is 12.5. The van der Waals surface area contributed by atoms with Crippen LogP contribution in [0, 0.1) is 6.92 Å². The van der Waals surface area contributed by atoms with Crippen molar-refractivity contribution in [1.29, 1.82) is 0 Å². The van der Waals surface area contributed by atoms with Crippen molar-refractivity contribution in [3.05, 3.63) is 71.3 Å². The molecule has 1 aromatic heterocycles. The lowest BCUT2D eigenvalue weighted by molar-refractivity contribution is -0.183. The van der Waals surface area contributed by atoms with Crippen LogP contribution in [0.3, 0.4) is 0 Å². The van der Waals surface area contributed by atoms with Gasteiger partial charge >= 0.3 is 23.9 Å². The molecule has 0 saturated carbocycles. The maximum atomic E-state index is 12.0. The fourth-order valence-corrected chi connectivity index (χ4v) is 4.28. The molecule has 0 aliphatic heterocycles. The minimum absolute atomic E-state index is 0.287. The maximum Gasteiger partial charge on any atom is 0.303 e. The number of hydrogen-bond donors (Lipinski definition) is 1. The summed E-state index contributed by atoms with van der Waals surface area (Å²) in [5, 5.41) is 12.9. The third kappa shape index (κ3) is 10.7. The van der Waals surface area contributed by atoms with Crippen LogP contribution in [0.25, 0.3) is 11.3 Å². The second-order valence-electron chi connectivity index (χ2n) is 9.95. The van der Waals surface area contributed by atoms with Gasteiger partial charge < -0.3 is 23.7 Å². The number of rotatable bonds is 14. The molecule has 0 radical (unpaired) electrons. The van der Waals surface area contributed by atoms with Crippen molar-refractivity contribution in [3.8, 4) is 17.0 Å². The van der Waals surface area contributed by atoms with Crippen LogP contribution in [0.15, 0.2) is 59.7 Å². The van der Waals surface area contributed by atoms with E-state index in [0.29, 0.717) is 17.9 Å². The summed E-state index contributed by atoms with van der Waals surface area (Å²) in [6.45, 7) is 6.08. The third-order valence-electron chi connectivity index (χ3n) is 6.25. The summed E-state index contributed by atoms with van der Waals surface area (Å²) in [5.41, 5.74) is 7.04. The maximum absolute atomic E-state index is 12.0. The fraction of sp³-hybridized carbons (Fsp3) is 0.344. The number of hydrogen-bond acceptors (Lipinski definition) is 13. The van der Waals surface area contributed by atoms with Crippen molar-refractivity contribution in [2.45, 2.75) is 59.4 Å². The van der Waals surface area contributed by atoms with E-state index in [1.54, 1.807) is 7.11 Å². The lowest BCUT2D eigenvalue weighted by atomic mass is 10.0. The van der Waals surface area contributed by atoms with Crippen molar-refractivity contribution in [3.63, 3.8) is 0 Å². The SMILES string of the molecule is COc1ccccc1Cc1cc(-c2ccc(C)cc2)nnc1N/N=C/[C@@H](OC(C)=O)[C@H](OC(C)=O)[C@@H](COC(C)=O)OC(C)=O. The molecule has 2 aromatic carbocycles. The van der Waals surface area contributed by atoms with Gasteiger partial charge in [-0.2, -0.15) is 5.10 Å². The monoisotopic (exact) mass is 620 g/mol. The van der Waals surface area contributed by atoms with Gasteiger partial charge in [0.1, 0.15) is 12.4 Å². The number of esters is 4. The van der Waals surface area contributed by atoms with Gasteiger partial charge in [-0.15, -0.1) is 10.2 Å². The van der Waals surface area contributed by atoms with E-state index >= 15 is 0 Å². The Bertz CT molecular complexity index is 1530. The first-order chi connectivity index (χ1) is 21.5. The van der Waals surface area contributed by atoms with E-state index in [1.165, 1.54) is 0 Å². The highest BCUT2D eigenvalue weighted by Crippen LogP contribution is 2.27. The molecule has 3 rings (SSSR count). The Morgan fingerprint density at radius 2 is 1.51 bits per heavy atom. The van der Waals surface area contributed by atoms with Crippen LogP contribution in [0.4, 0.5) is 5.82 Å². The number of nitrogens with zero attached hydrogens (tertiary/aromatic N) is 3. The number of aryl methyl sites for hydroxylation is 1. The smallest absolute Gasteiger partial charge is 0.303 e. The van der Waals surface area contributed by atoms with E-state index in [2.05, 4.69) is 20.7 Å². The first kappa shape index (κ1) is 34.2. The van der Waals surface area contributed by atoms with E-state index in [9.17, 15) is 19.2 Å². The molecule has 1 heterocycles. The summed E-state index contributed by atoms with van der Waals surface area (Å²) in [5.74, 6) is -1.94. The predicted molar refractivity (Wildman–Crippen MR) is 163 cm³/mol. The van der Waals surface area contributed by atoms with E-state index in [0.717, 1.165) is 56.2 Å². The molecule has 45 heavy (non-hydrogen) atoms. The molecule has 238 valence electrons. The van der Waals surface area contributed by atoms with Gasteiger partial charge in [-0.3, -0.25) is 24.6 Å². The van der Waals surface area contributed by atoms with Crippen LogP contribution in [-0.4, -0.2) is 72.3 Å². The summed E-state index contributed by atoms with van der Waals surface area (Å²) in [4.78, 5) is 47.3. The predicted octanol–water partition coefficient (Wildman–Crippen LogP) is 3.81. The van der Waals surface area contributed by atoms with Crippen LogP contribution in [0.1, 0.15) is 44.4 Å². The largest absolute Gasteiger partial charge is 0.496 e. The van der Waals surface area contributed by atoms with Crippen LogP contribution in [-0.2, 0) is 44.5 Å². The topological polar surface area (TPSA) is 165 Å². The van der Waals surface area contributed by atoms with Crippen LogP contribution in [0.2, 0.25) is 0 Å². The molecular weight excluding hydrogens is 584 g/mol. The zero-order chi connectivity index (χ0) is 32.9. The lowest BCUT2D eigenvalue weighted by Crippen LogP contribution is -2.48. The fourth-order valence-electron chi connectivity index (χ4n) is 4.28. The molecule has 0 bridgehead atoms. The van der Waals surface area contributed by atoms with Gasteiger partial charge in [-0.25, -0.2) is 0 Å². The molecule has 0 fully saturated rings. The Morgan fingerprint density at radius 1 is 0.844 bits per heavy atom. The molecule has 13 nitrogen and oxygen atoms in total. The lowest BCUT2D eigenvalue weighted by Gasteiger charge is -2.29. The minimum atomic E-state index is -1.41. The number of carbonyl (C=O) groups is 4. The Hall–Kier alpha value is -5.33. The number of methoxy groups -OCH3 is 1. The van der Waals surface area contributed by atoms with E-state index in [1.807, 2.05) is 61.5 Å². The number of carbonyl (C=O) groups excluding carboxylic acids is 4. The molecular formula is C32H36N4O9. The van der Waals surface area contributed by atoms with Crippen molar-refractivity contribution >= 4 is 35.9 Å². The Balaban J connectivity index is 1.99. The first-order valence-corrected chi connectivity index (χ1v) is 14.0. The van der Waals surface area contributed by atoms with E-state index in [4.69, 9.17) is 23.7 Å². The summed E-state index contributed by atoms with van der Waals surface area (Å²) < 4.78 is 26.5. The van der Waals surface area contributed by atoms with Crippen molar-refractivity contribution < 1.29 is 42.9 Å². The molecule has 0 saturated heterocycles. The molecule has 0 aliphatic rings. The van der Waals surface area contributed by atoms with Crippen molar-refractivity contribution in [1.82, 2.24) is 10.2 Å². The molecule has 13 heteroatoms. The van der Waals surface area contributed by atoms with Gasteiger partial charge in [0, 0.05) is 45.2 Å². The van der Waals surface area contributed by atoms with Crippen LogP contribution >= 0.6 is 0 Å². The van der Waals surface area contributed by atoms with Crippen molar-refractivity contribution in [2.24, 2.45) is 5.10 Å². The van der Waals surface area contributed by atoms with E-state index < -0.39 is 48.8 Å². The van der Waals surface area contributed by atoms with Gasteiger partial charge in [0.15, 0.2) is 24.1 Å². The average Bonchev–Trinajstić information content (AvgIpc) is 2.98. The van der Waals surface area contributed by atoms with Gasteiger partial charge in [-0.05, 0) is 24.6 Å². The molecule has 3 aromatic rings. The minimum Gasteiger partial charge on any atom is -0.496 e. The summed E-state index contributed by atoms with van der Waals surface area (Å²) >= 11 is 0. The number of para-hydroxylation sites is 1. The van der Waals surface area contributed by atoms with Crippen molar-refractivity contribution in [2.75, 3.05) is 19.1 Å². The highest BCUT2D eigenvalue weighted by molar-refractivity contribution is 5.75. The summed E-state index contributed by atoms with van der Waals surface area (Å²) in [6.07, 6.45) is -2.54. The molecule has 0 amide bonds. The first-order valence-electron chi connectivity index (χ1n) is 14.0. The zero-order valence-electron chi connectivity index (χ0n) is 25.9. The molecule has 0 unspecified atom stereocenters. The quantitative estimate of drug-likeness (QED) is 0.120. The Morgan fingerprint density at radius 3 is 2.13 bits per heavy atom. The summed E-state index contributed by atoms with van der Waals surface area (Å²) in [6, 6.07) is 17.3. The second kappa shape index (κ2) is 16.5. The van der Waals surface area contributed by atoms with E-state index in [-0.39, 0.29) is 5.82 Å². The number of aromatic nitrogens is 2. The molecule has 1 N–H and O–H groups in total. The standard InChI is InChI=1S/C32H36N4O9/c1-19-11-13-24(14-12-19)27-16-26(15-25-9-7-8-10-28(25)41-6)32(36-34-27)35-33-17-29(43-21(3)38)31(45-23(5)40)30(44-22(4)39)18-42-20(2)37/h7-14,16-17,29-31H,15,18H2,1-6H3,(H,35,36)/b33-17+/t29-,30-,31+/m1/s1. The number of benzene rings is 2. The average molecular weight is 621 g/mol. The molecule has 0 spiro atoms. The van der Waals surface area contributed by atoms with Gasteiger partial charge in [0.25, 0.3) is 0 Å². The second-order valence-corrected chi connectivity index (χ2v) is 9.95. The zero-order valence-corrected chi connectivity index (χ0v) is 25.9. The van der Waals surface area contributed by atoms with Gasteiger partial charge in [0.2, 0.25) is 0 Å². The third-order valence-corrected chi connectivity index (χ3v) is 6.25. The number of nitrogens with one attached hydrogen (secondary N) is 1. The highest BCUT2D eigenvalue weighted by Gasteiger charge is 2.37. The number of hydrazone groups is 1. The number of anilines is 1. The van der Waals surface area contributed by atoms with Gasteiger partial charge in [0.05, 0.1) is 19.0 Å². The molecule has 0 aliphatic carbocycles. The summed E-state index contributed by atoms with van der Waals surface area (Å²) in [7, 11) is 1.59. The Labute approximate surface area is 260 Å². The van der Waals surface area contributed by atoms with Gasteiger partial charge in [-0.1, -0.05) is 48.0 Å². The normalized spacial score (nSPS) is 12.8. The highest BCUT2D eigenvalue weighted by atomic mass is 16.6. The van der Waals surface area contributed by atoms with Crippen LogP contribution in [0.5, 0.6) is 5.75 Å².